The van der Waals surface area contributed by atoms with Crippen LogP contribution in [0.2, 0.25) is 0 Å². The maximum absolute atomic E-state index is 11.9. The second kappa shape index (κ2) is 10.3. The fourth-order valence-corrected chi connectivity index (χ4v) is 3.75. The Kier molecular flexibility index (Phi) is 8.34. The molecule has 0 saturated carbocycles. The number of unbranched alkanes of at least 4 members (excludes halogenated alkanes) is 1. The normalized spacial score (nSPS) is 27.0. The summed E-state index contributed by atoms with van der Waals surface area (Å²) in [6.45, 7) is 10.5. The van der Waals surface area contributed by atoms with Gasteiger partial charge in [0.1, 0.15) is 0 Å². The van der Waals surface area contributed by atoms with Gasteiger partial charge in [0.15, 0.2) is 0 Å². The Morgan fingerprint density at radius 2 is 1.87 bits per heavy atom. The second-order valence-corrected chi connectivity index (χ2v) is 7.31. The molecule has 0 aliphatic carbocycles. The molecule has 0 aromatic rings. The van der Waals surface area contributed by atoms with Crippen molar-refractivity contribution in [2.24, 2.45) is 5.92 Å². The number of nitrogens with one attached hydrogen (secondary N) is 2. The molecule has 0 aromatic heterocycles. The highest BCUT2D eigenvalue weighted by atomic mass is 16.5. The van der Waals surface area contributed by atoms with Crippen molar-refractivity contribution in [1.82, 2.24) is 15.5 Å². The summed E-state index contributed by atoms with van der Waals surface area (Å²) >= 11 is 0. The van der Waals surface area contributed by atoms with Crippen LogP contribution in [-0.2, 0) is 9.53 Å². The highest BCUT2D eigenvalue weighted by Gasteiger charge is 2.21. The van der Waals surface area contributed by atoms with Gasteiger partial charge in [-0.2, -0.15) is 0 Å². The lowest BCUT2D eigenvalue weighted by molar-refractivity contribution is -0.121. The van der Waals surface area contributed by atoms with Crippen LogP contribution in [0.15, 0.2) is 0 Å². The molecule has 5 nitrogen and oxygen atoms in total. The number of piperidine rings is 1. The Labute approximate surface area is 141 Å². The molecular weight excluding hydrogens is 290 g/mol. The van der Waals surface area contributed by atoms with Crippen LogP contribution in [0.25, 0.3) is 0 Å². The largest absolute Gasteiger partial charge is 0.373 e. The zero-order valence-electron chi connectivity index (χ0n) is 15.0. The van der Waals surface area contributed by atoms with E-state index in [0.717, 1.165) is 64.4 Å². The maximum atomic E-state index is 11.9. The monoisotopic (exact) mass is 325 g/mol. The first-order valence-electron chi connectivity index (χ1n) is 9.48. The molecule has 0 spiro atoms. The molecular formula is C18H35N3O2. The molecule has 2 aliphatic rings. The van der Waals surface area contributed by atoms with Crippen LogP contribution >= 0.6 is 0 Å². The lowest BCUT2D eigenvalue weighted by Gasteiger charge is -2.35. The Balaban J connectivity index is 1.45. The maximum Gasteiger partial charge on any atom is 0.220 e. The highest BCUT2D eigenvalue weighted by molar-refractivity contribution is 5.75. The molecule has 134 valence electrons. The molecule has 5 heteroatoms. The van der Waals surface area contributed by atoms with E-state index in [4.69, 9.17) is 4.74 Å². The zero-order chi connectivity index (χ0) is 16.5. The second-order valence-electron chi connectivity index (χ2n) is 7.31. The van der Waals surface area contributed by atoms with Crippen LogP contribution in [-0.4, -0.2) is 62.3 Å². The van der Waals surface area contributed by atoms with E-state index < -0.39 is 0 Å². The Bertz CT molecular complexity index is 335. The van der Waals surface area contributed by atoms with Gasteiger partial charge < -0.3 is 15.4 Å². The van der Waals surface area contributed by atoms with E-state index in [2.05, 4.69) is 29.4 Å². The Morgan fingerprint density at radius 1 is 1.17 bits per heavy atom. The number of ether oxygens (including phenoxy) is 1. The molecule has 0 bridgehead atoms. The van der Waals surface area contributed by atoms with Crippen LogP contribution in [0, 0.1) is 5.92 Å². The van der Waals surface area contributed by atoms with Crippen molar-refractivity contribution in [1.29, 1.82) is 0 Å². The third-order valence-electron chi connectivity index (χ3n) is 4.96. The molecule has 1 amide bonds. The van der Waals surface area contributed by atoms with Gasteiger partial charge in [-0.3, -0.25) is 9.69 Å². The van der Waals surface area contributed by atoms with Crippen molar-refractivity contribution in [2.75, 3.05) is 39.3 Å². The van der Waals surface area contributed by atoms with Crippen molar-refractivity contribution in [2.45, 2.75) is 64.6 Å². The van der Waals surface area contributed by atoms with Gasteiger partial charge in [-0.25, -0.2) is 0 Å². The van der Waals surface area contributed by atoms with Gasteiger partial charge in [0.05, 0.1) is 12.2 Å². The highest BCUT2D eigenvalue weighted by Crippen LogP contribution is 2.17. The molecule has 2 heterocycles. The third-order valence-corrected chi connectivity index (χ3v) is 4.96. The molecule has 0 aromatic carbocycles. The van der Waals surface area contributed by atoms with Crippen LogP contribution in [0.1, 0.15) is 52.4 Å². The van der Waals surface area contributed by atoms with Gasteiger partial charge >= 0.3 is 0 Å². The van der Waals surface area contributed by atoms with E-state index in [1.54, 1.807) is 0 Å². The summed E-state index contributed by atoms with van der Waals surface area (Å²) in [5, 5.41) is 6.45. The summed E-state index contributed by atoms with van der Waals surface area (Å²) in [7, 11) is 0. The summed E-state index contributed by atoms with van der Waals surface area (Å²) in [5.41, 5.74) is 0. The molecule has 2 unspecified atom stereocenters. The summed E-state index contributed by atoms with van der Waals surface area (Å²) in [6, 6.07) is 0. The quantitative estimate of drug-likeness (QED) is 0.668. The Hall–Kier alpha value is -0.650. The number of rotatable bonds is 8. The summed E-state index contributed by atoms with van der Waals surface area (Å²) in [6.07, 6.45) is 7.10. The first kappa shape index (κ1) is 18.7. The molecule has 2 saturated heterocycles. The van der Waals surface area contributed by atoms with Crippen molar-refractivity contribution < 1.29 is 9.53 Å². The minimum atomic E-state index is 0.233. The third kappa shape index (κ3) is 7.64. The number of amides is 1. The average Bonchev–Trinajstić information content (AvgIpc) is 2.53. The molecule has 2 fully saturated rings. The fraction of sp³-hybridized carbons (Fsp3) is 0.944. The van der Waals surface area contributed by atoms with Crippen LogP contribution < -0.4 is 10.6 Å². The van der Waals surface area contributed by atoms with E-state index in [9.17, 15) is 4.79 Å². The molecule has 2 atom stereocenters. The Morgan fingerprint density at radius 3 is 2.57 bits per heavy atom. The number of hydrogen-bond acceptors (Lipinski definition) is 4. The minimum Gasteiger partial charge on any atom is -0.373 e. The lowest BCUT2D eigenvalue weighted by Crippen LogP contribution is -2.45. The predicted molar refractivity (Wildman–Crippen MR) is 93.5 cm³/mol. The predicted octanol–water partition coefficient (Wildman–Crippen LogP) is 1.77. The van der Waals surface area contributed by atoms with Gasteiger partial charge in [-0.1, -0.05) is 0 Å². The molecule has 0 radical (unpaired) electrons. The molecule has 23 heavy (non-hydrogen) atoms. The van der Waals surface area contributed by atoms with E-state index in [1.165, 1.54) is 12.8 Å². The summed E-state index contributed by atoms with van der Waals surface area (Å²) in [5.74, 6) is 0.976. The zero-order valence-corrected chi connectivity index (χ0v) is 15.0. The van der Waals surface area contributed by atoms with Gasteiger partial charge in [0.2, 0.25) is 5.91 Å². The molecule has 2 aliphatic heterocycles. The first-order valence-corrected chi connectivity index (χ1v) is 9.48. The SMILES string of the molecule is CC1CN(CCCCNC(=O)CCC2CCNCC2)CC(C)O1. The van der Waals surface area contributed by atoms with Crippen molar-refractivity contribution in [3.05, 3.63) is 0 Å². The summed E-state index contributed by atoms with van der Waals surface area (Å²) < 4.78 is 5.75. The van der Waals surface area contributed by atoms with Crippen molar-refractivity contribution in [3.8, 4) is 0 Å². The van der Waals surface area contributed by atoms with Crippen molar-refractivity contribution >= 4 is 5.91 Å². The standard InChI is InChI=1S/C18H35N3O2/c1-15-13-21(14-16(2)23-15)12-4-3-9-20-18(22)6-5-17-7-10-19-11-8-17/h15-17,19H,3-14H2,1-2H3,(H,20,22). The van der Waals surface area contributed by atoms with Gasteiger partial charge in [0, 0.05) is 26.1 Å². The number of hydrogen-bond donors (Lipinski definition) is 2. The lowest BCUT2D eigenvalue weighted by atomic mass is 9.93. The van der Waals surface area contributed by atoms with Gasteiger partial charge in [-0.15, -0.1) is 0 Å². The van der Waals surface area contributed by atoms with E-state index >= 15 is 0 Å². The summed E-state index contributed by atoms with van der Waals surface area (Å²) in [4.78, 5) is 14.4. The number of morpholine rings is 1. The van der Waals surface area contributed by atoms with Crippen LogP contribution in [0.3, 0.4) is 0 Å². The molecule has 2 rings (SSSR count). The van der Waals surface area contributed by atoms with E-state index in [1.807, 2.05) is 0 Å². The number of nitrogens with zero attached hydrogens (tertiary/aromatic N) is 1. The first-order chi connectivity index (χ1) is 11.1. The van der Waals surface area contributed by atoms with Crippen molar-refractivity contribution in [3.63, 3.8) is 0 Å². The fourth-order valence-electron chi connectivity index (χ4n) is 3.75. The van der Waals surface area contributed by atoms with Crippen LogP contribution in [0.5, 0.6) is 0 Å². The topological polar surface area (TPSA) is 53.6 Å². The van der Waals surface area contributed by atoms with E-state index in [0.29, 0.717) is 18.6 Å². The number of carbonyl (C=O) groups excluding carboxylic acids is 1. The smallest absolute Gasteiger partial charge is 0.220 e. The van der Waals surface area contributed by atoms with E-state index in [-0.39, 0.29) is 5.91 Å². The van der Waals surface area contributed by atoms with Gasteiger partial charge in [-0.05, 0) is 71.5 Å². The van der Waals surface area contributed by atoms with Gasteiger partial charge in [0.25, 0.3) is 0 Å². The molecule has 2 N–H and O–H groups in total. The van der Waals surface area contributed by atoms with Crippen LogP contribution in [0.4, 0.5) is 0 Å². The average molecular weight is 325 g/mol. The number of carbonyl (C=O) groups is 1. The minimum absolute atomic E-state index is 0.233.